The molecule has 3 rings (SSSR count). The Labute approximate surface area is 149 Å². The Morgan fingerprint density at radius 2 is 2.08 bits per heavy atom. The molecule has 5 nitrogen and oxygen atoms in total. The van der Waals surface area contributed by atoms with Crippen LogP contribution < -0.4 is 0 Å². The maximum absolute atomic E-state index is 13.2. The number of ether oxygens (including phenoxy) is 1. The van der Waals surface area contributed by atoms with Crippen molar-refractivity contribution in [2.75, 3.05) is 20.7 Å². The van der Waals surface area contributed by atoms with Gasteiger partial charge in [0, 0.05) is 19.0 Å². The molecule has 0 bridgehead atoms. The lowest BCUT2D eigenvalue weighted by atomic mass is 9.97. The van der Waals surface area contributed by atoms with Gasteiger partial charge in [0.2, 0.25) is 5.91 Å². The number of thiophene rings is 1. The van der Waals surface area contributed by atoms with Gasteiger partial charge in [-0.15, -0.1) is 11.3 Å². The topological polar surface area (TPSA) is 49.9 Å². The highest BCUT2D eigenvalue weighted by molar-refractivity contribution is 7.09. The second-order valence-electron chi connectivity index (χ2n) is 6.01. The van der Waals surface area contributed by atoms with Crippen LogP contribution in [0.25, 0.3) is 0 Å². The highest BCUT2D eigenvalue weighted by atomic mass is 32.1. The molecular formula is C18H19FN2O3S. The Morgan fingerprint density at radius 1 is 1.36 bits per heavy atom. The Kier molecular flexibility index (Phi) is 5.15. The Balaban J connectivity index is 1.84. The first kappa shape index (κ1) is 17.6. The number of carbonyl (C=O) groups is 2. The van der Waals surface area contributed by atoms with Crippen molar-refractivity contribution >= 4 is 23.2 Å². The number of morpholine rings is 1. The van der Waals surface area contributed by atoms with Crippen molar-refractivity contribution < 1.29 is 18.7 Å². The molecule has 1 aliphatic heterocycles. The van der Waals surface area contributed by atoms with Crippen molar-refractivity contribution in [2.45, 2.75) is 18.7 Å². The maximum atomic E-state index is 13.2. The quantitative estimate of drug-likeness (QED) is 0.839. The maximum Gasteiger partial charge on any atom is 0.254 e. The lowest BCUT2D eigenvalue weighted by Crippen LogP contribution is -2.53. The number of nitrogens with zero attached hydrogens (tertiary/aromatic N) is 2. The summed E-state index contributed by atoms with van der Waals surface area (Å²) in [5.41, 5.74) is 0.667. The molecule has 0 N–H and O–H groups in total. The van der Waals surface area contributed by atoms with Crippen molar-refractivity contribution in [1.29, 1.82) is 0 Å². The zero-order valence-corrected chi connectivity index (χ0v) is 14.8. The van der Waals surface area contributed by atoms with Crippen LogP contribution in [-0.2, 0) is 20.9 Å². The lowest BCUT2D eigenvalue weighted by Gasteiger charge is -2.39. The Morgan fingerprint density at radius 3 is 2.72 bits per heavy atom. The number of likely N-dealkylation sites (N-methyl/N-ethyl adjacent to an activating group) is 2. The summed E-state index contributed by atoms with van der Waals surface area (Å²) < 4.78 is 18.8. The van der Waals surface area contributed by atoms with Crippen LogP contribution in [0.4, 0.5) is 4.39 Å². The number of halogens is 1. The smallest absolute Gasteiger partial charge is 0.254 e. The van der Waals surface area contributed by atoms with Crippen LogP contribution in [0, 0.1) is 5.82 Å². The van der Waals surface area contributed by atoms with Crippen molar-refractivity contribution in [2.24, 2.45) is 0 Å². The van der Waals surface area contributed by atoms with E-state index in [-0.39, 0.29) is 24.2 Å². The van der Waals surface area contributed by atoms with Crippen LogP contribution in [0.1, 0.15) is 16.5 Å². The molecule has 2 aromatic rings. The lowest BCUT2D eigenvalue weighted by molar-refractivity contribution is -0.167. The fraction of sp³-hybridized carbons (Fsp3) is 0.333. The third-order valence-corrected chi connectivity index (χ3v) is 5.15. The van der Waals surface area contributed by atoms with Gasteiger partial charge in [0.15, 0.2) is 6.10 Å². The minimum absolute atomic E-state index is 0.141. The SMILES string of the molecule is CN(Cc1cccs1)C(=O)C1OCC(=O)N(C)C1c1ccc(F)cc1. The second kappa shape index (κ2) is 7.33. The van der Waals surface area contributed by atoms with Crippen molar-refractivity contribution in [3.63, 3.8) is 0 Å². The number of amides is 2. The highest BCUT2D eigenvalue weighted by Gasteiger charge is 2.41. The van der Waals surface area contributed by atoms with Crippen molar-refractivity contribution in [3.8, 4) is 0 Å². The Bertz CT molecular complexity index is 748. The van der Waals surface area contributed by atoms with E-state index in [4.69, 9.17) is 4.74 Å². The first-order valence-corrected chi connectivity index (χ1v) is 8.75. The standard InChI is InChI=1S/C18H19FN2O3S/c1-20(10-14-4-3-9-25-14)18(23)17-16(21(2)15(22)11-24-17)12-5-7-13(19)8-6-12/h3-9,16-17H,10-11H2,1-2H3. The van der Waals surface area contributed by atoms with Gasteiger partial charge in [-0.3, -0.25) is 9.59 Å². The first-order chi connectivity index (χ1) is 12.0. The predicted molar refractivity (Wildman–Crippen MR) is 92.4 cm³/mol. The minimum atomic E-state index is -0.821. The highest BCUT2D eigenvalue weighted by Crippen LogP contribution is 2.30. The predicted octanol–water partition coefficient (Wildman–Crippen LogP) is 2.44. The molecule has 2 unspecified atom stereocenters. The summed E-state index contributed by atoms with van der Waals surface area (Å²) in [6, 6.07) is 9.11. The summed E-state index contributed by atoms with van der Waals surface area (Å²) in [6.07, 6.45) is -0.821. The zero-order valence-electron chi connectivity index (χ0n) is 14.0. The summed E-state index contributed by atoms with van der Waals surface area (Å²) in [7, 11) is 3.35. The van der Waals surface area contributed by atoms with Gasteiger partial charge in [-0.05, 0) is 29.1 Å². The third-order valence-electron chi connectivity index (χ3n) is 4.29. The van der Waals surface area contributed by atoms with E-state index in [2.05, 4.69) is 0 Å². The average molecular weight is 362 g/mol. The summed E-state index contributed by atoms with van der Waals surface area (Å²) in [4.78, 5) is 29.1. The van der Waals surface area contributed by atoms with E-state index in [1.54, 1.807) is 42.5 Å². The molecule has 0 aliphatic carbocycles. The molecule has 132 valence electrons. The fourth-order valence-electron chi connectivity index (χ4n) is 2.91. The second-order valence-corrected chi connectivity index (χ2v) is 7.04. The first-order valence-electron chi connectivity index (χ1n) is 7.87. The van der Waals surface area contributed by atoms with Crippen LogP contribution in [0.2, 0.25) is 0 Å². The molecule has 25 heavy (non-hydrogen) atoms. The van der Waals surface area contributed by atoms with Crippen molar-refractivity contribution in [1.82, 2.24) is 9.80 Å². The van der Waals surface area contributed by atoms with Crippen LogP contribution in [0.3, 0.4) is 0 Å². The van der Waals surface area contributed by atoms with Crippen LogP contribution in [-0.4, -0.2) is 48.4 Å². The average Bonchev–Trinajstić information content (AvgIpc) is 3.10. The van der Waals surface area contributed by atoms with E-state index in [0.717, 1.165) is 4.88 Å². The number of benzene rings is 1. The number of carbonyl (C=O) groups excluding carboxylic acids is 2. The van der Waals surface area contributed by atoms with Gasteiger partial charge >= 0.3 is 0 Å². The molecule has 1 aromatic carbocycles. The van der Waals surface area contributed by atoms with Gasteiger partial charge in [-0.2, -0.15) is 0 Å². The van der Waals surface area contributed by atoms with E-state index in [0.29, 0.717) is 12.1 Å². The molecule has 1 aliphatic rings. The summed E-state index contributed by atoms with van der Waals surface area (Å²) in [6.45, 7) is 0.335. The molecular weight excluding hydrogens is 343 g/mol. The van der Waals surface area contributed by atoms with Gasteiger partial charge in [0.1, 0.15) is 12.4 Å². The van der Waals surface area contributed by atoms with Gasteiger partial charge < -0.3 is 14.5 Å². The van der Waals surface area contributed by atoms with E-state index >= 15 is 0 Å². The number of hydrogen-bond donors (Lipinski definition) is 0. The summed E-state index contributed by atoms with van der Waals surface area (Å²) in [5.74, 6) is -0.784. The van der Waals surface area contributed by atoms with E-state index < -0.39 is 12.1 Å². The fourth-order valence-corrected chi connectivity index (χ4v) is 3.67. The summed E-state index contributed by atoms with van der Waals surface area (Å²) in [5, 5.41) is 1.96. The molecule has 1 fully saturated rings. The van der Waals surface area contributed by atoms with E-state index in [1.807, 2.05) is 17.5 Å². The van der Waals surface area contributed by atoms with Crippen LogP contribution >= 0.6 is 11.3 Å². The van der Waals surface area contributed by atoms with E-state index in [9.17, 15) is 14.0 Å². The largest absolute Gasteiger partial charge is 0.356 e. The number of rotatable bonds is 4. The van der Waals surface area contributed by atoms with Gasteiger partial charge in [0.25, 0.3) is 5.91 Å². The summed E-state index contributed by atoms with van der Waals surface area (Å²) >= 11 is 1.57. The number of hydrogen-bond acceptors (Lipinski definition) is 4. The zero-order chi connectivity index (χ0) is 18.0. The molecule has 0 spiro atoms. The molecule has 7 heteroatoms. The third kappa shape index (κ3) is 3.72. The van der Waals surface area contributed by atoms with Gasteiger partial charge in [-0.1, -0.05) is 18.2 Å². The molecule has 0 saturated carbocycles. The minimum Gasteiger partial charge on any atom is -0.356 e. The molecule has 1 aromatic heterocycles. The van der Waals surface area contributed by atoms with E-state index in [1.165, 1.54) is 17.0 Å². The van der Waals surface area contributed by atoms with Gasteiger partial charge in [0.05, 0.1) is 12.6 Å². The van der Waals surface area contributed by atoms with Gasteiger partial charge in [-0.25, -0.2) is 4.39 Å². The molecule has 2 atom stereocenters. The molecule has 0 radical (unpaired) electrons. The Hall–Kier alpha value is -2.25. The normalized spacial score (nSPS) is 20.6. The molecule has 1 saturated heterocycles. The van der Waals surface area contributed by atoms with Crippen molar-refractivity contribution in [3.05, 3.63) is 58.0 Å². The van der Waals surface area contributed by atoms with Crippen LogP contribution in [0.5, 0.6) is 0 Å². The monoisotopic (exact) mass is 362 g/mol. The van der Waals surface area contributed by atoms with Crippen LogP contribution in [0.15, 0.2) is 41.8 Å². The molecule has 2 heterocycles. The molecule has 2 amide bonds.